The first-order chi connectivity index (χ1) is 20.2. The van der Waals surface area contributed by atoms with Crippen molar-refractivity contribution in [1.82, 2.24) is 4.90 Å². The summed E-state index contributed by atoms with van der Waals surface area (Å²) in [5.74, 6) is -0.870. The summed E-state index contributed by atoms with van der Waals surface area (Å²) in [5.41, 5.74) is 0. The van der Waals surface area contributed by atoms with Crippen LogP contribution in [-0.4, -0.2) is 184 Å². The molecule has 2 fully saturated rings. The van der Waals surface area contributed by atoms with Crippen LogP contribution in [0.3, 0.4) is 0 Å². The topological polar surface area (TPSA) is 198 Å². The minimum Gasteiger partial charge on any atom is -0.394 e. The summed E-state index contributed by atoms with van der Waals surface area (Å²) >= 11 is 0. The van der Waals surface area contributed by atoms with Crippen molar-refractivity contribution < 1.29 is 68.5 Å². The molecular weight excluding hydrogens is 562 g/mol. The number of aliphatic hydroxyl groups excluding tert-OH is 6. The Balaban J connectivity index is 1.35. The first-order valence-corrected chi connectivity index (χ1v) is 14.7. The second-order valence-corrected chi connectivity index (χ2v) is 10.6. The van der Waals surface area contributed by atoms with E-state index in [1.807, 2.05) is 7.05 Å². The van der Waals surface area contributed by atoms with Crippen LogP contribution in [0.1, 0.15) is 13.8 Å². The molecule has 2 aliphatic heterocycles. The van der Waals surface area contributed by atoms with E-state index in [4.69, 9.17) is 37.9 Å². The maximum atomic E-state index is 10.0. The molecule has 250 valence electrons. The van der Waals surface area contributed by atoms with Crippen LogP contribution in [0.5, 0.6) is 0 Å². The minimum absolute atomic E-state index is 0.245. The monoisotopic (exact) mass is 615 g/mol. The van der Waals surface area contributed by atoms with Crippen LogP contribution in [0.15, 0.2) is 0 Å². The summed E-state index contributed by atoms with van der Waals surface area (Å²) in [4.78, 5) is 2.09. The van der Waals surface area contributed by atoms with E-state index in [-0.39, 0.29) is 13.2 Å². The summed E-state index contributed by atoms with van der Waals surface area (Å²) in [7, 11) is 1.98. The van der Waals surface area contributed by atoms with Crippen LogP contribution < -0.4 is 0 Å². The van der Waals surface area contributed by atoms with Crippen LogP contribution in [0, 0.1) is 11.8 Å². The molecule has 0 bridgehead atoms. The van der Waals surface area contributed by atoms with Crippen molar-refractivity contribution in [2.45, 2.75) is 63.1 Å². The van der Waals surface area contributed by atoms with Crippen molar-refractivity contribution in [3.63, 3.8) is 0 Å². The molecule has 0 spiro atoms. The molecule has 2 saturated heterocycles. The predicted molar refractivity (Wildman–Crippen MR) is 147 cm³/mol. The molecule has 10 atom stereocenters. The highest BCUT2D eigenvalue weighted by atomic mass is 16.7. The molecule has 0 aromatic heterocycles. The maximum absolute atomic E-state index is 10.0. The molecule has 15 heteroatoms. The van der Waals surface area contributed by atoms with Gasteiger partial charge in [-0.1, -0.05) is 13.8 Å². The minimum atomic E-state index is -1.15. The summed E-state index contributed by atoms with van der Waals surface area (Å²) in [5, 5.41) is 58.3. The van der Waals surface area contributed by atoms with Gasteiger partial charge in [-0.3, -0.25) is 0 Å². The number of nitrogens with zero attached hydrogens (tertiary/aromatic N) is 1. The Morgan fingerprint density at radius 3 is 1.21 bits per heavy atom. The molecule has 2 rings (SSSR count). The van der Waals surface area contributed by atoms with Gasteiger partial charge in [0.05, 0.1) is 91.5 Å². The van der Waals surface area contributed by atoms with Gasteiger partial charge in [-0.25, -0.2) is 0 Å². The molecule has 15 nitrogen and oxygen atoms in total. The van der Waals surface area contributed by atoms with E-state index in [2.05, 4.69) is 4.90 Å². The van der Waals surface area contributed by atoms with Gasteiger partial charge in [0.2, 0.25) is 0 Å². The van der Waals surface area contributed by atoms with Gasteiger partial charge in [-0.15, -0.1) is 0 Å². The predicted octanol–water partition coefficient (Wildman–Crippen LogP) is -2.83. The van der Waals surface area contributed by atoms with E-state index in [9.17, 15) is 30.6 Å². The normalized spacial score (nSPS) is 33.9. The number of rotatable bonds is 22. The average Bonchev–Trinajstić information content (AvgIpc) is 2.99. The molecule has 0 radical (unpaired) electrons. The van der Waals surface area contributed by atoms with E-state index < -0.39 is 74.3 Å². The zero-order valence-electron chi connectivity index (χ0n) is 25.1. The quantitative estimate of drug-likeness (QED) is 0.0681. The summed E-state index contributed by atoms with van der Waals surface area (Å²) in [6.45, 7) is 8.02. The van der Waals surface area contributed by atoms with Crippen molar-refractivity contribution >= 4 is 0 Å². The molecule has 0 aromatic carbocycles. The molecule has 42 heavy (non-hydrogen) atoms. The van der Waals surface area contributed by atoms with Crippen LogP contribution in [0.4, 0.5) is 0 Å². The van der Waals surface area contributed by atoms with E-state index >= 15 is 0 Å². The summed E-state index contributed by atoms with van der Waals surface area (Å²) in [6.07, 6.45) is -7.57. The van der Waals surface area contributed by atoms with E-state index in [0.717, 1.165) is 13.1 Å². The third-order valence-corrected chi connectivity index (χ3v) is 7.37. The van der Waals surface area contributed by atoms with Crippen molar-refractivity contribution in [2.24, 2.45) is 11.8 Å². The van der Waals surface area contributed by atoms with Gasteiger partial charge in [0.15, 0.2) is 12.6 Å². The molecule has 0 aliphatic carbocycles. The first-order valence-electron chi connectivity index (χ1n) is 14.7. The number of likely N-dealkylation sites (N-methyl/N-ethyl adjacent to an activating group) is 1. The second-order valence-electron chi connectivity index (χ2n) is 10.6. The highest BCUT2D eigenvalue weighted by Gasteiger charge is 2.43. The number of hydrogen-bond acceptors (Lipinski definition) is 15. The lowest BCUT2D eigenvalue weighted by atomic mass is 9.92. The largest absolute Gasteiger partial charge is 0.394 e. The molecule has 4 unspecified atom stereocenters. The number of aliphatic hydroxyl groups is 6. The highest BCUT2D eigenvalue weighted by molar-refractivity contribution is 4.87. The van der Waals surface area contributed by atoms with E-state index in [0.29, 0.717) is 52.9 Å². The van der Waals surface area contributed by atoms with Crippen molar-refractivity contribution in [3.05, 3.63) is 0 Å². The van der Waals surface area contributed by atoms with Gasteiger partial charge < -0.3 is 73.4 Å². The average molecular weight is 616 g/mol. The maximum Gasteiger partial charge on any atom is 0.163 e. The Morgan fingerprint density at radius 1 is 0.524 bits per heavy atom. The number of hydrogen-bond donors (Lipinski definition) is 6. The van der Waals surface area contributed by atoms with Gasteiger partial charge in [0.25, 0.3) is 0 Å². The van der Waals surface area contributed by atoms with E-state index in [1.165, 1.54) is 0 Å². The van der Waals surface area contributed by atoms with Crippen molar-refractivity contribution in [2.75, 3.05) is 99.4 Å². The lowest BCUT2D eigenvalue weighted by Gasteiger charge is -2.40. The van der Waals surface area contributed by atoms with Crippen LogP contribution >= 0.6 is 0 Å². The van der Waals surface area contributed by atoms with E-state index in [1.54, 1.807) is 13.8 Å². The fourth-order valence-electron chi connectivity index (χ4n) is 4.46. The van der Waals surface area contributed by atoms with Gasteiger partial charge in [-0.2, -0.15) is 0 Å². The number of ether oxygens (including phenoxy) is 8. The Bertz CT molecular complexity index is 623. The lowest BCUT2D eigenvalue weighted by molar-refractivity contribution is -0.284. The fourth-order valence-corrected chi connectivity index (χ4v) is 4.46. The Hall–Kier alpha value is -0.600. The highest BCUT2D eigenvalue weighted by Crippen LogP contribution is 2.27. The molecule has 0 aromatic rings. The van der Waals surface area contributed by atoms with Crippen LogP contribution in [0.2, 0.25) is 0 Å². The zero-order chi connectivity index (χ0) is 30.9. The smallest absolute Gasteiger partial charge is 0.163 e. The van der Waals surface area contributed by atoms with Crippen LogP contribution in [0.25, 0.3) is 0 Å². The van der Waals surface area contributed by atoms with Gasteiger partial charge in [-0.05, 0) is 7.05 Å². The standard InChI is InChI=1S/C27H53NO14/c1-18-22(31)24(33)20(16-29)41-26(18)39-14-12-37-10-8-35-6-4-28(3)5-7-36-9-11-38-13-15-40-27-19(2)23(32)25(34)21(17-30)42-27/h18-27,29-34H,4-17H2,1-3H3/t18-,19-,20?,21?,22?,23?,24-,25-,26+,27+/m0/s1. The van der Waals surface area contributed by atoms with Crippen molar-refractivity contribution in [1.29, 1.82) is 0 Å². The van der Waals surface area contributed by atoms with Crippen LogP contribution in [-0.2, 0) is 37.9 Å². The summed E-state index contributed by atoms with van der Waals surface area (Å²) in [6, 6.07) is 0. The fraction of sp³-hybridized carbons (Fsp3) is 1.00. The molecule has 0 amide bonds. The van der Waals surface area contributed by atoms with Gasteiger partial charge >= 0.3 is 0 Å². The molecule has 2 heterocycles. The first kappa shape index (κ1) is 37.6. The third-order valence-electron chi connectivity index (χ3n) is 7.37. The summed E-state index contributed by atoms with van der Waals surface area (Å²) < 4.78 is 44.3. The van der Waals surface area contributed by atoms with Crippen molar-refractivity contribution in [3.8, 4) is 0 Å². The zero-order valence-corrected chi connectivity index (χ0v) is 25.1. The Labute approximate surface area is 248 Å². The Morgan fingerprint density at radius 2 is 0.857 bits per heavy atom. The lowest BCUT2D eigenvalue weighted by Crippen LogP contribution is -2.55. The van der Waals surface area contributed by atoms with Gasteiger partial charge in [0.1, 0.15) is 24.4 Å². The third kappa shape index (κ3) is 12.8. The molecule has 6 N–H and O–H groups in total. The second kappa shape index (κ2) is 21.2. The SMILES string of the molecule is C[C@H]1C(O)[C@@H](O)C(CO)O[C@H]1OCCOCCOCCN(C)CCOCCOCCO[C@@H]1OC(CO)[C@H](O)C(O)[C@@H]1C. The van der Waals surface area contributed by atoms with Gasteiger partial charge in [0, 0.05) is 24.9 Å². The molecular formula is C27H53NO14. The molecule has 2 aliphatic rings. The molecule has 0 saturated carbocycles. The Kier molecular flexibility index (Phi) is 19.0.